The number of carboxylic acids is 1. The molecular weight excluding hydrogens is 516 g/mol. The van der Waals surface area contributed by atoms with Crippen molar-refractivity contribution < 1.29 is 38.8 Å². The summed E-state index contributed by atoms with van der Waals surface area (Å²) in [6, 6.07) is 15.8. The van der Waals surface area contributed by atoms with Gasteiger partial charge >= 0.3 is 18.0 Å². The first-order valence-corrected chi connectivity index (χ1v) is 13.1. The van der Waals surface area contributed by atoms with Crippen molar-refractivity contribution in [2.45, 2.75) is 78.4 Å². The fraction of sp³-hybridized carbons (Fsp3) is 0.467. The number of amides is 1. The Morgan fingerprint density at radius 3 is 1.88 bits per heavy atom. The van der Waals surface area contributed by atoms with E-state index in [1.165, 1.54) is 0 Å². The average molecular weight is 557 g/mol. The van der Waals surface area contributed by atoms with Crippen LogP contribution in [-0.2, 0) is 37.0 Å². The lowest BCUT2D eigenvalue weighted by Crippen LogP contribution is -2.47. The summed E-state index contributed by atoms with van der Waals surface area (Å²) in [7, 11) is 0. The molecule has 0 radical (unpaired) electrons. The number of rotatable bonds is 13. The van der Waals surface area contributed by atoms with Crippen LogP contribution in [0.2, 0.25) is 0 Å². The van der Waals surface area contributed by atoms with Gasteiger partial charge in [0.2, 0.25) is 5.90 Å². The van der Waals surface area contributed by atoms with Crippen LogP contribution in [0.5, 0.6) is 0 Å². The number of hydrogen-bond donors (Lipinski definition) is 3. The number of carbonyl (C=O) groups is 3. The van der Waals surface area contributed by atoms with Crippen molar-refractivity contribution in [3.05, 3.63) is 71.8 Å². The van der Waals surface area contributed by atoms with Gasteiger partial charge < -0.3 is 29.7 Å². The Bertz CT molecular complexity index is 1130. The van der Waals surface area contributed by atoms with Crippen LogP contribution in [0.1, 0.15) is 58.6 Å². The smallest absolute Gasteiger partial charge is 0.408 e. The van der Waals surface area contributed by atoms with Gasteiger partial charge in [-0.2, -0.15) is 0 Å². The van der Waals surface area contributed by atoms with Crippen molar-refractivity contribution in [2.75, 3.05) is 6.61 Å². The molecule has 218 valence electrons. The molecule has 40 heavy (non-hydrogen) atoms. The van der Waals surface area contributed by atoms with Gasteiger partial charge in [0.25, 0.3) is 0 Å². The van der Waals surface area contributed by atoms with Crippen molar-refractivity contribution in [1.82, 2.24) is 5.32 Å². The Morgan fingerprint density at radius 1 is 0.875 bits per heavy atom. The number of nitrogens with zero attached hydrogens (tertiary/aromatic N) is 1. The SMILES string of the molecule is CC(C)(C)OC(=O)N[C@H](CC(=O)O)C(=N[C@H](C(=O)OCc1ccccc1)C(C)(C)CCO)OCc1ccccc1. The third kappa shape index (κ3) is 11.4. The van der Waals surface area contributed by atoms with E-state index in [9.17, 15) is 24.6 Å². The molecule has 0 aliphatic rings. The molecule has 10 nitrogen and oxygen atoms in total. The molecule has 0 saturated carbocycles. The van der Waals surface area contributed by atoms with Gasteiger partial charge in [-0.3, -0.25) is 4.79 Å². The second-order valence-electron chi connectivity index (χ2n) is 11.0. The van der Waals surface area contributed by atoms with E-state index in [1.54, 1.807) is 34.6 Å². The molecule has 3 N–H and O–H groups in total. The predicted octanol–water partition coefficient (Wildman–Crippen LogP) is 4.49. The monoisotopic (exact) mass is 556 g/mol. The van der Waals surface area contributed by atoms with E-state index in [0.717, 1.165) is 11.1 Å². The quantitative estimate of drug-likeness (QED) is 0.186. The van der Waals surface area contributed by atoms with Gasteiger partial charge in [0, 0.05) is 12.0 Å². The molecule has 0 aliphatic carbocycles. The summed E-state index contributed by atoms with van der Waals surface area (Å²) in [4.78, 5) is 42.4. The van der Waals surface area contributed by atoms with Crippen molar-refractivity contribution in [3.8, 4) is 0 Å². The first-order valence-electron chi connectivity index (χ1n) is 13.1. The highest BCUT2D eigenvalue weighted by Crippen LogP contribution is 2.29. The number of benzene rings is 2. The first-order chi connectivity index (χ1) is 18.8. The third-order valence-electron chi connectivity index (χ3n) is 5.80. The molecule has 0 saturated heterocycles. The number of ether oxygens (including phenoxy) is 3. The summed E-state index contributed by atoms with van der Waals surface area (Å²) in [5.74, 6) is -2.09. The lowest BCUT2D eigenvalue weighted by molar-refractivity contribution is -0.149. The Hall–Kier alpha value is -3.92. The number of esters is 1. The Labute approximate surface area is 235 Å². The zero-order valence-corrected chi connectivity index (χ0v) is 23.8. The summed E-state index contributed by atoms with van der Waals surface area (Å²) >= 11 is 0. The minimum Gasteiger partial charge on any atom is -0.481 e. The van der Waals surface area contributed by atoms with Crippen LogP contribution in [0.4, 0.5) is 4.79 Å². The average Bonchev–Trinajstić information content (AvgIpc) is 2.86. The molecule has 0 aromatic heterocycles. The number of nitrogens with one attached hydrogen (secondary N) is 1. The van der Waals surface area contributed by atoms with Crippen LogP contribution in [0.3, 0.4) is 0 Å². The third-order valence-corrected chi connectivity index (χ3v) is 5.80. The molecular formula is C30H40N2O8. The van der Waals surface area contributed by atoms with E-state index in [0.29, 0.717) is 0 Å². The second-order valence-corrected chi connectivity index (χ2v) is 11.0. The van der Waals surface area contributed by atoms with Crippen LogP contribution in [-0.4, -0.2) is 58.4 Å². The number of carbonyl (C=O) groups excluding carboxylic acids is 2. The summed E-state index contributed by atoms with van der Waals surface area (Å²) in [5.41, 5.74) is -0.218. The van der Waals surface area contributed by atoms with Gasteiger partial charge in [0.1, 0.15) is 24.9 Å². The Kier molecular flexibility index (Phi) is 12.1. The number of aliphatic carboxylic acids is 1. The number of aliphatic imine (C=N–C) groups is 1. The van der Waals surface area contributed by atoms with Crippen molar-refractivity contribution >= 4 is 23.9 Å². The fourth-order valence-electron chi connectivity index (χ4n) is 3.69. The van der Waals surface area contributed by atoms with E-state index in [2.05, 4.69) is 10.3 Å². The number of aliphatic hydroxyl groups excluding tert-OH is 1. The van der Waals surface area contributed by atoms with Gasteiger partial charge in [-0.15, -0.1) is 0 Å². The number of aliphatic hydroxyl groups is 1. The highest BCUT2D eigenvalue weighted by atomic mass is 16.6. The maximum atomic E-state index is 13.4. The molecule has 2 aromatic rings. The van der Waals surface area contributed by atoms with Crippen LogP contribution < -0.4 is 5.32 Å². The van der Waals surface area contributed by atoms with Gasteiger partial charge in [-0.25, -0.2) is 14.6 Å². The van der Waals surface area contributed by atoms with Gasteiger partial charge in [-0.1, -0.05) is 74.5 Å². The summed E-state index contributed by atoms with van der Waals surface area (Å²) < 4.78 is 16.9. The van der Waals surface area contributed by atoms with Gasteiger partial charge in [0.05, 0.1) is 6.42 Å². The summed E-state index contributed by atoms with van der Waals surface area (Å²) in [6.45, 7) is 8.28. The molecule has 10 heteroatoms. The first kappa shape index (κ1) is 32.3. The predicted molar refractivity (Wildman–Crippen MR) is 150 cm³/mol. The van der Waals surface area contributed by atoms with Crippen LogP contribution in [0.25, 0.3) is 0 Å². The van der Waals surface area contributed by atoms with E-state index < -0.39 is 47.6 Å². The van der Waals surface area contributed by atoms with Crippen molar-refractivity contribution in [2.24, 2.45) is 10.4 Å². The lowest BCUT2D eigenvalue weighted by Gasteiger charge is -2.31. The maximum Gasteiger partial charge on any atom is 0.408 e. The van der Waals surface area contributed by atoms with Gasteiger partial charge in [-0.05, 0) is 38.3 Å². The normalized spacial score (nSPS) is 13.6. The molecule has 0 bridgehead atoms. The summed E-state index contributed by atoms with van der Waals surface area (Å²) in [5, 5.41) is 21.9. The zero-order valence-electron chi connectivity index (χ0n) is 23.8. The van der Waals surface area contributed by atoms with Crippen molar-refractivity contribution in [3.63, 3.8) is 0 Å². The molecule has 2 aromatic carbocycles. The van der Waals surface area contributed by atoms with Crippen LogP contribution >= 0.6 is 0 Å². The molecule has 2 rings (SSSR count). The molecule has 0 fully saturated rings. The Balaban J connectivity index is 2.49. The van der Waals surface area contributed by atoms with E-state index in [4.69, 9.17) is 14.2 Å². The molecule has 0 unspecified atom stereocenters. The van der Waals surface area contributed by atoms with Gasteiger partial charge in [0.15, 0.2) is 6.04 Å². The van der Waals surface area contributed by atoms with E-state index in [1.807, 2.05) is 60.7 Å². The zero-order chi connectivity index (χ0) is 29.8. The van der Waals surface area contributed by atoms with Crippen molar-refractivity contribution in [1.29, 1.82) is 0 Å². The number of hydrogen-bond acceptors (Lipinski definition) is 8. The molecule has 1 amide bonds. The molecule has 2 atom stereocenters. The molecule has 0 heterocycles. The van der Waals surface area contributed by atoms with E-state index >= 15 is 0 Å². The largest absolute Gasteiger partial charge is 0.481 e. The Morgan fingerprint density at radius 2 is 1.40 bits per heavy atom. The van der Waals surface area contributed by atoms with E-state index in [-0.39, 0.29) is 32.1 Å². The second kappa shape index (κ2) is 15.0. The minimum absolute atomic E-state index is 0.00198. The minimum atomic E-state index is -1.26. The standard InChI is InChI=1S/C30H40N2O8/c1-29(2,3)40-28(37)31-23(18-24(34)35)26(38-19-21-12-8-6-9-13-21)32-25(30(4,5)16-17-33)27(36)39-20-22-14-10-7-11-15-22/h6-15,23,25,33H,16-20H2,1-5H3,(H,31,37)(H,34,35)/t23-,25-/m1/s1. The summed E-state index contributed by atoms with van der Waals surface area (Å²) in [6.07, 6.45) is -1.26. The number of carboxylic acid groups (broad SMARTS) is 1. The topological polar surface area (TPSA) is 144 Å². The molecule has 0 spiro atoms. The maximum absolute atomic E-state index is 13.4. The van der Waals surface area contributed by atoms with Crippen LogP contribution in [0, 0.1) is 5.41 Å². The highest BCUT2D eigenvalue weighted by Gasteiger charge is 2.38. The molecule has 0 aliphatic heterocycles. The fourth-order valence-corrected chi connectivity index (χ4v) is 3.69. The highest BCUT2D eigenvalue weighted by molar-refractivity contribution is 5.91. The van der Waals surface area contributed by atoms with Crippen LogP contribution in [0.15, 0.2) is 65.7 Å². The lowest BCUT2D eigenvalue weighted by atomic mass is 9.81. The number of alkyl carbamates (subject to hydrolysis) is 1.